The van der Waals surface area contributed by atoms with E-state index in [2.05, 4.69) is 5.32 Å². The van der Waals surface area contributed by atoms with Crippen LogP contribution >= 0.6 is 0 Å². The molecule has 1 aliphatic rings. The third-order valence-electron chi connectivity index (χ3n) is 2.82. The Hall–Kier alpha value is -2.22. The zero-order valence-corrected chi connectivity index (χ0v) is 10.3. The summed E-state index contributed by atoms with van der Waals surface area (Å²) in [7, 11) is 0. The first-order valence-corrected chi connectivity index (χ1v) is 5.83. The maximum atomic E-state index is 13.4. The highest BCUT2D eigenvalue weighted by Gasteiger charge is 2.29. The second-order valence-electron chi connectivity index (χ2n) is 4.17. The van der Waals surface area contributed by atoms with Crippen molar-refractivity contribution in [2.24, 2.45) is 0 Å². The average Bonchev–Trinajstić information content (AvgIpc) is 2.43. The van der Waals surface area contributed by atoms with Crippen molar-refractivity contribution in [1.29, 1.82) is 0 Å². The van der Waals surface area contributed by atoms with Crippen LogP contribution in [0.3, 0.4) is 0 Å². The van der Waals surface area contributed by atoms with Gasteiger partial charge in [-0.2, -0.15) is 0 Å². The molecular weight excluding hydrogens is 274 g/mol. The Morgan fingerprint density at radius 3 is 2.60 bits per heavy atom. The minimum absolute atomic E-state index is 0.0458. The summed E-state index contributed by atoms with van der Waals surface area (Å²) in [6, 6.07) is 2.43. The Kier molecular flexibility index (Phi) is 4.14. The number of urea groups is 1. The number of morpholine rings is 1. The summed E-state index contributed by atoms with van der Waals surface area (Å²) in [5.74, 6) is -3.00. The number of nitrogens with one attached hydrogen (secondary N) is 1. The number of halogens is 2. The predicted octanol–water partition coefficient (Wildman–Crippen LogP) is 1.28. The molecule has 1 unspecified atom stereocenters. The number of benzene rings is 1. The number of carbonyl (C=O) groups excluding carboxylic acids is 1. The molecule has 0 spiro atoms. The van der Waals surface area contributed by atoms with Crippen LogP contribution in [0.4, 0.5) is 19.3 Å². The molecule has 1 aliphatic heterocycles. The fourth-order valence-electron chi connectivity index (χ4n) is 1.79. The SMILES string of the molecule is O=C(O)C1CN(C(=O)Nc2c(F)cccc2F)CCO1. The summed E-state index contributed by atoms with van der Waals surface area (Å²) >= 11 is 0. The zero-order valence-electron chi connectivity index (χ0n) is 10.3. The van der Waals surface area contributed by atoms with E-state index in [9.17, 15) is 18.4 Å². The number of hydrogen-bond acceptors (Lipinski definition) is 3. The molecule has 8 heteroatoms. The second kappa shape index (κ2) is 5.83. The molecule has 0 aliphatic carbocycles. The highest BCUT2D eigenvalue weighted by atomic mass is 19.1. The fraction of sp³-hybridized carbons (Fsp3) is 0.333. The van der Waals surface area contributed by atoms with Gasteiger partial charge in [-0.15, -0.1) is 0 Å². The lowest BCUT2D eigenvalue weighted by Gasteiger charge is -2.30. The van der Waals surface area contributed by atoms with Crippen LogP contribution in [0.15, 0.2) is 18.2 Å². The second-order valence-corrected chi connectivity index (χ2v) is 4.17. The number of para-hydroxylation sites is 1. The number of hydrogen-bond donors (Lipinski definition) is 2. The lowest BCUT2D eigenvalue weighted by molar-refractivity contribution is -0.154. The molecule has 0 aromatic heterocycles. The van der Waals surface area contributed by atoms with Gasteiger partial charge in [0.05, 0.1) is 13.2 Å². The molecule has 108 valence electrons. The van der Waals surface area contributed by atoms with E-state index in [4.69, 9.17) is 9.84 Å². The molecule has 0 bridgehead atoms. The third kappa shape index (κ3) is 3.02. The number of carboxylic acids is 1. The van der Waals surface area contributed by atoms with Crippen LogP contribution in [0.5, 0.6) is 0 Å². The van der Waals surface area contributed by atoms with Crippen molar-refractivity contribution in [2.75, 3.05) is 25.0 Å². The van der Waals surface area contributed by atoms with Gasteiger partial charge in [0.15, 0.2) is 6.10 Å². The van der Waals surface area contributed by atoms with E-state index >= 15 is 0 Å². The number of amides is 2. The zero-order chi connectivity index (χ0) is 14.7. The van der Waals surface area contributed by atoms with E-state index < -0.39 is 35.4 Å². The first kappa shape index (κ1) is 14.2. The molecule has 0 saturated carbocycles. The Morgan fingerprint density at radius 2 is 2.00 bits per heavy atom. The molecule has 1 saturated heterocycles. The van der Waals surface area contributed by atoms with Crippen molar-refractivity contribution in [3.8, 4) is 0 Å². The van der Waals surface area contributed by atoms with Gasteiger partial charge in [-0.1, -0.05) is 6.07 Å². The van der Waals surface area contributed by atoms with Crippen LogP contribution in [0.2, 0.25) is 0 Å². The molecule has 2 amide bonds. The molecule has 20 heavy (non-hydrogen) atoms. The standard InChI is InChI=1S/C12H12F2N2O4/c13-7-2-1-3-8(14)10(7)15-12(19)16-4-5-20-9(6-16)11(17)18/h1-3,9H,4-6H2,(H,15,19)(H,17,18). The maximum Gasteiger partial charge on any atom is 0.334 e. The summed E-state index contributed by atoms with van der Waals surface area (Å²) < 4.78 is 31.7. The Labute approximate surface area is 112 Å². The number of aliphatic carboxylic acids is 1. The minimum atomic E-state index is -1.19. The van der Waals surface area contributed by atoms with Gasteiger partial charge >= 0.3 is 12.0 Å². The molecule has 1 aromatic rings. The van der Waals surface area contributed by atoms with Crippen LogP contribution in [0.1, 0.15) is 0 Å². The minimum Gasteiger partial charge on any atom is -0.479 e. The fourth-order valence-corrected chi connectivity index (χ4v) is 1.79. The summed E-state index contributed by atoms with van der Waals surface area (Å²) in [6.07, 6.45) is -1.14. The number of ether oxygens (including phenoxy) is 1. The first-order valence-electron chi connectivity index (χ1n) is 5.83. The topological polar surface area (TPSA) is 78.9 Å². The first-order chi connectivity index (χ1) is 9.49. The molecule has 1 atom stereocenters. The number of nitrogens with zero attached hydrogens (tertiary/aromatic N) is 1. The van der Waals surface area contributed by atoms with Crippen molar-refractivity contribution in [3.63, 3.8) is 0 Å². The van der Waals surface area contributed by atoms with Gasteiger partial charge < -0.3 is 20.1 Å². The van der Waals surface area contributed by atoms with Crippen molar-refractivity contribution in [1.82, 2.24) is 4.90 Å². The highest BCUT2D eigenvalue weighted by molar-refractivity contribution is 5.90. The molecule has 2 rings (SSSR count). The Bertz CT molecular complexity index is 518. The quantitative estimate of drug-likeness (QED) is 0.858. The molecule has 6 nitrogen and oxygen atoms in total. The van der Waals surface area contributed by atoms with E-state index in [-0.39, 0.29) is 19.7 Å². The lowest BCUT2D eigenvalue weighted by Crippen LogP contribution is -2.50. The van der Waals surface area contributed by atoms with Gasteiger partial charge in [-0.25, -0.2) is 18.4 Å². The van der Waals surface area contributed by atoms with Gasteiger partial charge in [-0.05, 0) is 12.1 Å². The van der Waals surface area contributed by atoms with Gasteiger partial charge in [0.2, 0.25) is 0 Å². The molecular formula is C12H12F2N2O4. The largest absolute Gasteiger partial charge is 0.479 e. The molecule has 2 N–H and O–H groups in total. The normalized spacial score (nSPS) is 18.7. The number of carboxylic acid groups (broad SMARTS) is 1. The van der Waals surface area contributed by atoms with Crippen LogP contribution in [-0.2, 0) is 9.53 Å². The Morgan fingerprint density at radius 1 is 1.35 bits per heavy atom. The van der Waals surface area contributed by atoms with Crippen molar-refractivity contribution in [2.45, 2.75) is 6.10 Å². The monoisotopic (exact) mass is 286 g/mol. The van der Waals surface area contributed by atoms with Crippen molar-refractivity contribution in [3.05, 3.63) is 29.8 Å². The number of anilines is 1. The average molecular weight is 286 g/mol. The maximum absolute atomic E-state index is 13.4. The van der Waals surface area contributed by atoms with E-state index in [1.165, 1.54) is 6.07 Å². The summed E-state index contributed by atoms with van der Waals surface area (Å²) in [6.45, 7) is 0.00701. The predicted molar refractivity (Wildman–Crippen MR) is 64.3 cm³/mol. The van der Waals surface area contributed by atoms with E-state index in [0.29, 0.717) is 0 Å². The van der Waals surface area contributed by atoms with Crippen molar-refractivity contribution >= 4 is 17.7 Å². The van der Waals surface area contributed by atoms with Gasteiger partial charge in [0.1, 0.15) is 17.3 Å². The summed E-state index contributed by atoms with van der Waals surface area (Å²) in [5.41, 5.74) is -0.559. The van der Waals surface area contributed by atoms with Crippen LogP contribution in [0.25, 0.3) is 0 Å². The number of rotatable bonds is 2. The number of carbonyl (C=O) groups is 2. The molecule has 1 heterocycles. The molecule has 0 radical (unpaired) electrons. The van der Waals surface area contributed by atoms with Gasteiger partial charge in [0, 0.05) is 6.54 Å². The molecule has 1 fully saturated rings. The van der Waals surface area contributed by atoms with Crippen LogP contribution < -0.4 is 5.32 Å². The summed E-state index contributed by atoms with van der Waals surface area (Å²) in [4.78, 5) is 23.8. The highest BCUT2D eigenvalue weighted by Crippen LogP contribution is 2.19. The van der Waals surface area contributed by atoms with Crippen LogP contribution in [-0.4, -0.2) is 47.8 Å². The molecule has 1 aromatic carbocycles. The van der Waals surface area contributed by atoms with E-state index in [1.54, 1.807) is 0 Å². The third-order valence-corrected chi connectivity index (χ3v) is 2.82. The van der Waals surface area contributed by atoms with E-state index in [1.807, 2.05) is 0 Å². The van der Waals surface area contributed by atoms with Gasteiger partial charge in [0.25, 0.3) is 0 Å². The lowest BCUT2D eigenvalue weighted by atomic mass is 10.2. The summed E-state index contributed by atoms with van der Waals surface area (Å²) in [5, 5.41) is 10.9. The van der Waals surface area contributed by atoms with Crippen LogP contribution in [0, 0.1) is 11.6 Å². The van der Waals surface area contributed by atoms with E-state index in [0.717, 1.165) is 17.0 Å². The Balaban J connectivity index is 2.06. The smallest absolute Gasteiger partial charge is 0.334 e. The van der Waals surface area contributed by atoms with Gasteiger partial charge in [-0.3, -0.25) is 0 Å². The van der Waals surface area contributed by atoms with Crippen molar-refractivity contribution < 1.29 is 28.2 Å².